The minimum absolute atomic E-state index is 0.0189. The first-order chi connectivity index (χ1) is 14.7. The van der Waals surface area contributed by atoms with E-state index in [4.69, 9.17) is 4.74 Å². The number of piperazine rings is 1. The molecule has 0 N–H and O–H groups in total. The van der Waals surface area contributed by atoms with E-state index in [1.54, 1.807) is 18.1 Å². The summed E-state index contributed by atoms with van der Waals surface area (Å²) in [6.07, 6.45) is 0.717. The summed E-state index contributed by atoms with van der Waals surface area (Å²) in [4.78, 5) is 16.2. The van der Waals surface area contributed by atoms with Gasteiger partial charge in [0.1, 0.15) is 5.75 Å². The molecule has 2 heterocycles. The van der Waals surface area contributed by atoms with Crippen LogP contribution in [0.5, 0.6) is 5.75 Å². The molecule has 1 amide bonds. The van der Waals surface area contributed by atoms with Crippen LogP contribution in [0.3, 0.4) is 0 Å². The Morgan fingerprint density at radius 1 is 1.10 bits per heavy atom. The van der Waals surface area contributed by atoms with Gasteiger partial charge in [0, 0.05) is 55.0 Å². The Morgan fingerprint density at radius 2 is 1.74 bits per heavy atom. The highest BCUT2D eigenvalue weighted by Gasteiger charge is 2.35. The van der Waals surface area contributed by atoms with E-state index < -0.39 is 10.0 Å². The van der Waals surface area contributed by atoms with Gasteiger partial charge in [-0.1, -0.05) is 0 Å². The normalized spacial score (nSPS) is 19.4. The molecule has 2 aromatic rings. The molecule has 1 saturated heterocycles. The summed E-state index contributed by atoms with van der Waals surface area (Å²) in [5, 5.41) is 0. The third kappa shape index (κ3) is 4.06. The topological polar surface area (TPSA) is 70.2 Å². The molecular weight excluding hydrogens is 482 g/mol. The number of carbonyl (C=O) groups is 1. The van der Waals surface area contributed by atoms with Crippen molar-refractivity contribution in [3.05, 3.63) is 46.4 Å². The number of hydrogen-bond donors (Lipinski definition) is 0. The molecule has 31 heavy (non-hydrogen) atoms. The average Bonchev–Trinajstić information content (AvgIpc) is 3.08. The zero-order chi connectivity index (χ0) is 22.3. The van der Waals surface area contributed by atoms with Gasteiger partial charge in [0.25, 0.3) is 0 Å². The monoisotopic (exact) mass is 507 g/mol. The van der Waals surface area contributed by atoms with E-state index in [1.807, 2.05) is 37.3 Å². The lowest BCUT2D eigenvalue weighted by Crippen LogP contribution is -2.48. The molecule has 0 saturated carbocycles. The van der Waals surface area contributed by atoms with Crippen LogP contribution >= 0.6 is 15.9 Å². The van der Waals surface area contributed by atoms with Crippen molar-refractivity contribution in [2.24, 2.45) is 0 Å². The maximum absolute atomic E-state index is 13.5. The zero-order valence-electron chi connectivity index (χ0n) is 17.8. The number of halogens is 1. The quantitative estimate of drug-likeness (QED) is 0.634. The van der Waals surface area contributed by atoms with Crippen molar-refractivity contribution in [1.29, 1.82) is 0 Å². The van der Waals surface area contributed by atoms with Crippen LogP contribution < -0.4 is 14.5 Å². The number of sulfonamides is 1. The van der Waals surface area contributed by atoms with Crippen LogP contribution in [-0.2, 0) is 21.2 Å². The molecule has 9 heteroatoms. The number of anilines is 2. The van der Waals surface area contributed by atoms with E-state index in [1.165, 1.54) is 11.2 Å². The summed E-state index contributed by atoms with van der Waals surface area (Å²) in [6, 6.07) is 11.3. The van der Waals surface area contributed by atoms with Gasteiger partial charge >= 0.3 is 0 Å². The Hall–Kier alpha value is -2.10. The summed E-state index contributed by atoms with van der Waals surface area (Å²) in [5.41, 5.74) is 2.72. The fraction of sp³-hybridized carbons (Fsp3) is 0.409. The van der Waals surface area contributed by atoms with E-state index in [9.17, 15) is 13.2 Å². The summed E-state index contributed by atoms with van der Waals surface area (Å²) in [5.74, 6) is 0.713. The number of hydrogen-bond acceptors (Lipinski definition) is 5. The molecule has 0 radical (unpaired) electrons. The number of fused-ring (bicyclic) bond motifs is 1. The summed E-state index contributed by atoms with van der Waals surface area (Å²) in [6.45, 7) is 5.48. The van der Waals surface area contributed by atoms with Gasteiger partial charge in [0.2, 0.25) is 15.9 Å². The predicted octanol–water partition coefficient (Wildman–Crippen LogP) is 3.27. The number of benzene rings is 2. The fourth-order valence-electron chi connectivity index (χ4n) is 4.42. The maximum Gasteiger partial charge on any atom is 0.244 e. The van der Waals surface area contributed by atoms with Gasteiger partial charge in [-0.2, -0.15) is 4.31 Å². The lowest BCUT2D eigenvalue weighted by Gasteiger charge is -2.35. The van der Waals surface area contributed by atoms with Crippen molar-refractivity contribution in [2.45, 2.75) is 31.2 Å². The van der Waals surface area contributed by atoms with Crippen LogP contribution in [0.4, 0.5) is 11.4 Å². The molecule has 0 aromatic heterocycles. The van der Waals surface area contributed by atoms with Crippen LogP contribution in [0.25, 0.3) is 0 Å². The first-order valence-electron chi connectivity index (χ1n) is 10.2. The third-order valence-electron chi connectivity index (χ3n) is 5.98. The number of methoxy groups -OCH3 is 1. The number of ether oxygens (including phenoxy) is 1. The van der Waals surface area contributed by atoms with Gasteiger partial charge < -0.3 is 14.5 Å². The van der Waals surface area contributed by atoms with Crippen molar-refractivity contribution in [2.75, 3.05) is 43.1 Å². The first-order valence-corrected chi connectivity index (χ1v) is 12.5. The molecule has 2 aromatic carbocycles. The first kappa shape index (κ1) is 22.1. The highest BCUT2D eigenvalue weighted by Crippen LogP contribution is 2.39. The number of amides is 1. The Kier molecular flexibility index (Phi) is 6.02. The zero-order valence-corrected chi connectivity index (χ0v) is 20.2. The van der Waals surface area contributed by atoms with E-state index in [2.05, 4.69) is 20.8 Å². The van der Waals surface area contributed by atoms with E-state index in [0.717, 1.165) is 17.0 Å². The second-order valence-corrected chi connectivity index (χ2v) is 10.7. The fourth-order valence-corrected chi connectivity index (χ4v) is 6.91. The van der Waals surface area contributed by atoms with E-state index in [-0.39, 0.29) is 16.8 Å². The highest BCUT2D eigenvalue weighted by molar-refractivity contribution is 9.10. The molecule has 2 aliphatic heterocycles. The molecule has 2 aliphatic rings. The lowest BCUT2D eigenvalue weighted by molar-refractivity contribution is -0.116. The molecule has 0 spiro atoms. The van der Waals surface area contributed by atoms with Crippen molar-refractivity contribution in [3.8, 4) is 5.75 Å². The van der Waals surface area contributed by atoms with Crippen molar-refractivity contribution in [1.82, 2.24) is 4.31 Å². The van der Waals surface area contributed by atoms with E-state index in [0.29, 0.717) is 42.8 Å². The number of rotatable bonds is 4. The van der Waals surface area contributed by atoms with Crippen LogP contribution in [0, 0.1) is 0 Å². The van der Waals surface area contributed by atoms with Gasteiger partial charge in [0.15, 0.2) is 0 Å². The molecule has 4 rings (SSSR count). The van der Waals surface area contributed by atoms with Crippen molar-refractivity contribution < 1.29 is 17.9 Å². The van der Waals surface area contributed by atoms with Crippen LogP contribution in [0.1, 0.15) is 19.4 Å². The third-order valence-corrected chi connectivity index (χ3v) is 8.84. The minimum atomic E-state index is -3.70. The molecule has 0 unspecified atom stereocenters. The standard InChI is InChI=1S/C22H26BrN3O4S/c1-15-12-17-13-20(23)22(14-21(17)26(15)16(2)27)31(28,29)25-10-8-24(9-11-25)18-4-6-19(30-3)7-5-18/h4-7,13-15H,8-12H2,1-3H3/t15-/m0/s1. The molecule has 7 nitrogen and oxygen atoms in total. The average molecular weight is 508 g/mol. The van der Waals surface area contributed by atoms with Crippen molar-refractivity contribution in [3.63, 3.8) is 0 Å². The summed E-state index contributed by atoms with van der Waals surface area (Å²) < 4.78 is 34.2. The predicted molar refractivity (Wildman–Crippen MR) is 124 cm³/mol. The smallest absolute Gasteiger partial charge is 0.244 e. The van der Waals surface area contributed by atoms with Gasteiger partial charge in [0.05, 0.1) is 12.0 Å². The van der Waals surface area contributed by atoms with E-state index >= 15 is 0 Å². The van der Waals surface area contributed by atoms with Gasteiger partial charge in [-0.3, -0.25) is 4.79 Å². The van der Waals surface area contributed by atoms with Crippen LogP contribution in [-0.4, -0.2) is 58.0 Å². The molecule has 0 aliphatic carbocycles. The second kappa shape index (κ2) is 8.44. The Labute approximate surface area is 191 Å². The van der Waals surface area contributed by atoms with Crippen LogP contribution in [0.15, 0.2) is 45.8 Å². The Balaban J connectivity index is 1.55. The summed E-state index contributed by atoms with van der Waals surface area (Å²) >= 11 is 3.46. The molecule has 166 valence electrons. The van der Waals surface area contributed by atoms with Gasteiger partial charge in [-0.15, -0.1) is 0 Å². The molecule has 1 atom stereocenters. The highest BCUT2D eigenvalue weighted by atomic mass is 79.9. The SMILES string of the molecule is COc1ccc(N2CCN(S(=O)(=O)c3cc4c(cc3Br)C[C@H](C)N4C(C)=O)CC2)cc1. The number of nitrogens with zero attached hydrogens (tertiary/aromatic N) is 3. The summed E-state index contributed by atoms with van der Waals surface area (Å²) in [7, 11) is -2.06. The largest absolute Gasteiger partial charge is 0.497 e. The molecular formula is C22H26BrN3O4S. The van der Waals surface area contributed by atoms with Gasteiger partial charge in [-0.25, -0.2) is 8.42 Å². The Morgan fingerprint density at radius 3 is 2.32 bits per heavy atom. The minimum Gasteiger partial charge on any atom is -0.497 e. The van der Waals surface area contributed by atoms with Gasteiger partial charge in [-0.05, 0) is 71.2 Å². The molecule has 0 bridgehead atoms. The van der Waals surface area contributed by atoms with Crippen molar-refractivity contribution >= 4 is 43.2 Å². The van der Waals surface area contributed by atoms with Crippen LogP contribution in [0.2, 0.25) is 0 Å². The molecule has 1 fully saturated rings. The Bertz CT molecular complexity index is 1100. The lowest BCUT2D eigenvalue weighted by atomic mass is 10.1. The number of carbonyl (C=O) groups excluding carboxylic acids is 1. The second-order valence-electron chi connectivity index (χ2n) is 7.94. The maximum atomic E-state index is 13.5.